The molecule has 0 fully saturated rings. The van der Waals surface area contributed by atoms with Crippen molar-refractivity contribution in [3.63, 3.8) is 0 Å². The maximum Gasteiger partial charge on any atom is 0.171 e. The molecular formula is C11H10OS. The Morgan fingerprint density at radius 2 is 2.00 bits per heavy atom. The lowest BCUT2D eigenvalue weighted by molar-refractivity contribution is 0.491. The zero-order chi connectivity index (χ0) is 9.26. The predicted molar refractivity (Wildman–Crippen MR) is 56.2 cm³/mol. The molecule has 66 valence electrons. The molecule has 1 aromatic heterocycles. The van der Waals surface area contributed by atoms with Crippen molar-refractivity contribution in [1.29, 1.82) is 0 Å². The highest BCUT2D eigenvalue weighted by Gasteiger charge is 2.00. The Labute approximate surface area is 81.3 Å². The molecule has 0 aliphatic heterocycles. The summed E-state index contributed by atoms with van der Waals surface area (Å²) in [5.74, 6) is 0. The van der Waals surface area contributed by atoms with Crippen LogP contribution < -0.4 is 0 Å². The lowest BCUT2D eigenvalue weighted by Crippen LogP contribution is -1.74. The third-order valence-corrected chi connectivity index (χ3v) is 2.67. The summed E-state index contributed by atoms with van der Waals surface area (Å²) >= 11 is 1.36. The fraction of sp³-hybridized carbons (Fsp3) is 0.0909. The highest BCUT2D eigenvalue weighted by atomic mass is 32.1. The number of thiophene rings is 1. The first-order valence-electron chi connectivity index (χ1n) is 4.10. The normalized spacial score (nSPS) is 10.2. The molecule has 0 aliphatic rings. The first kappa shape index (κ1) is 8.32. The summed E-state index contributed by atoms with van der Waals surface area (Å²) in [5, 5.41) is 11.5. The topological polar surface area (TPSA) is 20.2 Å². The van der Waals surface area contributed by atoms with Gasteiger partial charge in [-0.3, -0.25) is 0 Å². The molecule has 0 saturated heterocycles. The van der Waals surface area contributed by atoms with Crippen LogP contribution in [0.5, 0.6) is 5.06 Å². The minimum atomic E-state index is 0.372. The zero-order valence-electron chi connectivity index (χ0n) is 7.32. The molecule has 2 rings (SSSR count). The Hall–Kier alpha value is -1.28. The van der Waals surface area contributed by atoms with E-state index in [2.05, 4.69) is 25.1 Å². The molecule has 1 heterocycles. The number of rotatable bonds is 1. The zero-order valence-corrected chi connectivity index (χ0v) is 8.14. The van der Waals surface area contributed by atoms with Gasteiger partial charge in [0.25, 0.3) is 0 Å². The highest BCUT2D eigenvalue weighted by Crippen LogP contribution is 2.29. The van der Waals surface area contributed by atoms with Gasteiger partial charge in [-0.2, -0.15) is 0 Å². The van der Waals surface area contributed by atoms with Crippen molar-refractivity contribution < 1.29 is 5.11 Å². The minimum absolute atomic E-state index is 0.372. The van der Waals surface area contributed by atoms with Gasteiger partial charge in [0, 0.05) is 5.38 Å². The SMILES string of the molecule is Cc1cccc(-c2csc(O)c2)c1. The van der Waals surface area contributed by atoms with Crippen LogP contribution in [0.15, 0.2) is 35.7 Å². The van der Waals surface area contributed by atoms with E-state index in [0.29, 0.717) is 5.06 Å². The van der Waals surface area contributed by atoms with Crippen LogP contribution in [-0.4, -0.2) is 5.11 Å². The smallest absolute Gasteiger partial charge is 0.171 e. The molecule has 13 heavy (non-hydrogen) atoms. The predicted octanol–water partition coefficient (Wildman–Crippen LogP) is 3.43. The van der Waals surface area contributed by atoms with Crippen LogP contribution in [0, 0.1) is 6.92 Å². The number of hydrogen-bond donors (Lipinski definition) is 1. The molecule has 2 heteroatoms. The summed E-state index contributed by atoms with van der Waals surface area (Å²) in [7, 11) is 0. The number of aromatic hydroxyl groups is 1. The quantitative estimate of drug-likeness (QED) is 0.730. The molecule has 0 unspecified atom stereocenters. The van der Waals surface area contributed by atoms with Crippen LogP contribution in [0.2, 0.25) is 0 Å². The van der Waals surface area contributed by atoms with Crippen molar-refractivity contribution in [3.8, 4) is 16.2 Å². The monoisotopic (exact) mass is 190 g/mol. The second-order valence-electron chi connectivity index (χ2n) is 3.04. The third kappa shape index (κ3) is 1.73. The summed E-state index contributed by atoms with van der Waals surface area (Å²) in [4.78, 5) is 0. The second-order valence-corrected chi connectivity index (χ2v) is 3.93. The van der Waals surface area contributed by atoms with Gasteiger partial charge >= 0.3 is 0 Å². The molecule has 0 aliphatic carbocycles. The Kier molecular flexibility index (Phi) is 2.07. The lowest BCUT2D eigenvalue weighted by Gasteiger charge is -1.97. The molecule has 0 saturated carbocycles. The van der Waals surface area contributed by atoms with Crippen molar-refractivity contribution in [1.82, 2.24) is 0 Å². The molecule has 1 N–H and O–H groups in total. The summed E-state index contributed by atoms with van der Waals surface area (Å²) < 4.78 is 0. The van der Waals surface area contributed by atoms with Crippen LogP contribution >= 0.6 is 11.3 Å². The van der Waals surface area contributed by atoms with E-state index in [4.69, 9.17) is 0 Å². The second kappa shape index (κ2) is 3.23. The Morgan fingerprint density at radius 3 is 2.62 bits per heavy atom. The van der Waals surface area contributed by atoms with Crippen molar-refractivity contribution in [2.75, 3.05) is 0 Å². The van der Waals surface area contributed by atoms with Gasteiger partial charge in [-0.1, -0.05) is 29.8 Å². The molecule has 1 aromatic carbocycles. The van der Waals surface area contributed by atoms with Crippen LogP contribution in [0.25, 0.3) is 11.1 Å². The summed E-state index contributed by atoms with van der Waals surface area (Å²) in [6, 6.07) is 10.0. The van der Waals surface area contributed by atoms with E-state index in [1.807, 2.05) is 11.4 Å². The summed E-state index contributed by atoms with van der Waals surface area (Å²) in [6.45, 7) is 2.07. The van der Waals surface area contributed by atoms with Gasteiger partial charge in [0.2, 0.25) is 0 Å². The van der Waals surface area contributed by atoms with Crippen LogP contribution in [0.3, 0.4) is 0 Å². The van der Waals surface area contributed by atoms with Gasteiger partial charge in [-0.05, 0) is 24.1 Å². The fourth-order valence-corrected chi connectivity index (χ4v) is 1.95. The van der Waals surface area contributed by atoms with E-state index < -0.39 is 0 Å². The largest absolute Gasteiger partial charge is 0.499 e. The number of hydrogen-bond acceptors (Lipinski definition) is 2. The van der Waals surface area contributed by atoms with E-state index in [1.165, 1.54) is 16.9 Å². The van der Waals surface area contributed by atoms with Crippen LogP contribution in [0.4, 0.5) is 0 Å². The van der Waals surface area contributed by atoms with Gasteiger partial charge in [-0.25, -0.2) is 0 Å². The van der Waals surface area contributed by atoms with Gasteiger partial charge in [0.15, 0.2) is 5.06 Å². The maximum atomic E-state index is 9.20. The van der Waals surface area contributed by atoms with E-state index >= 15 is 0 Å². The van der Waals surface area contributed by atoms with E-state index in [0.717, 1.165) is 11.1 Å². The Bertz CT molecular complexity index is 418. The molecule has 0 radical (unpaired) electrons. The minimum Gasteiger partial charge on any atom is -0.499 e. The average Bonchev–Trinajstić information content (AvgIpc) is 2.52. The number of benzene rings is 1. The molecule has 1 nitrogen and oxygen atoms in total. The van der Waals surface area contributed by atoms with Gasteiger partial charge in [0.1, 0.15) is 0 Å². The van der Waals surface area contributed by atoms with Crippen LogP contribution in [0.1, 0.15) is 5.56 Å². The van der Waals surface area contributed by atoms with E-state index in [-0.39, 0.29) is 0 Å². The average molecular weight is 190 g/mol. The molecule has 0 amide bonds. The van der Waals surface area contributed by atoms with Crippen molar-refractivity contribution >= 4 is 11.3 Å². The van der Waals surface area contributed by atoms with Crippen molar-refractivity contribution in [2.24, 2.45) is 0 Å². The van der Waals surface area contributed by atoms with Crippen molar-refractivity contribution in [2.45, 2.75) is 6.92 Å². The van der Waals surface area contributed by atoms with Gasteiger partial charge < -0.3 is 5.11 Å². The Morgan fingerprint density at radius 1 is 1.15 bits per heavy atom. The fourth-order valence-electron chi connectivity index (χ4n) is 1.30. The Balaban J connectivity index is 2.46. The van der Waals surface area contributed by atoms with Crippen LogP contribution in [-0.2, 0) is 0 Å². The molecule has 2 aromatic rings. The summed E-state index contributed by atoms with van der Waals surface area (Å²) in [5.41, 5.74) is 3.49. The van der Waals surface area contributed by atoms with Gasteiger partial charge in [0.05, 0.1) is 0 Å². The summed E-state index contributed by atoms with van der Waals surface area (Å²) in [6.07, 6.45) is 0. The standard InChI is InChI=1S/C11H10OS/c1-8-3-2-4-9(5-8)10-6-11(12)13-7-10/h2-7,12H,1H3. The molecule has 0 spiro atoms. The first-order chi connectivity index (χ1) is 6.25. The molecule has 0 atom stereocenters. The maximum absolute atomic E-state index is 9.20. The van der Waals surface area contributed by atoms with Crippen molar-refractivity contribution in [3.05, 3.63) is 41.3 Å². The first-order valence-corrected chi connectivity index (χ1v) is 4.98. The molecular weight excluding hydrogens is 180 g/mol. The number of aryl methyl sites for hydroxylation is 1. The third-order valence-electron chi connectivity index (χ3n) is 1.94. The lowest BCUT2D eigenvalue weighted by atomic mass is 10.1. The van der Waals surface area contributed by atoms with E-state index in [9.17, 15) is 5.11 Å². The highest BCUT2D eigenvalue weighted by molar-refractivity contribution is 7.12. The van der Waals surface area contributed by atoms with E-state index in [1.54, 1.807) is 6.07 Å². The van der Waals surface area contributed by atoms with Gasteiger partial charge in [-0.15, -0.1) is 11.3 Å². The molecule has 0 bridgehead atoms.